The van der Waals surface area contributed by atoms with Crippen molar-refractivity contribution in [3.63, 3.8) is 0 Å². The third-order valence-corrected chi connectivity index (χ3v) is 3.07. The standard InChI is InChI=1S/C14H17Cl2NO4/c1-4-17-13(18)8(2)21-14(19)9(3)20-12-6-5-10(15)7-11(12)16/h5-9H,4H2,1-3H3,(H,17,18)/t8-,9+/m0/s1. The van der Waals surface area contributed by atoms with Gasteiger partial charge in [0.15, 0.2) is 12.2 Å². The van der Waals surface area contributed by atoms with Gasteiger partial charge in [-0.1, -0.05) is 23.2 Å². The Bertz CT molecular complexity index is 522. The molecule has 0 aliphatic carbocycles. The lowest BCUT2D eigenvalue weighted by Crippen LogP contribution is -2.38. The molecule has 1 aromatic carbocycles. The number of hydrogen-bond acceptors (Lipinski definition) is 4. The molecule has 0 saturated carbocycles. The number of esters is 1. The number of carbonyl (C=O) groups excluding carboxylic acids is 2. The van der Waals surface area contributed by atoms with Crippen molar-refractivity contribution in [2.24, 2.45) is 0 Å². The van der Waals surface area contributed by atoms with Gasteiger partial charge < -0.3 is 14.8 Å². The molecule has 0 bridgehead atoms. The molecular weight excluding hydrogens is 317 g/mol. The van der Waals surface area contributed by atoms with Gasteiger partial charge in [0.1, 0.15) is 5.75 Å². The summed E-state index contributed by atoms with van der Waals surface area (Å²) < 4.78 is 10.4. The Balaban J connectivity index is 2.60. The third kappa shape index (κ3) is 5.44. The van der Waals surface area contributed by atoms with Crippen LogP contribution in [0.2, 0.25) is 10.0 Å². The number of amides is 1. The van der Waals surface area contributed by atoms with E-state index in [4.69, 9.17) is 32.7 Å². The van der Waals surface area contributed by atoms with Crippen LogP contribution in [0.15, 0.2) is 18.2 Å². The molecule has 0 aliphatic heterocycles. The van der Waals surface area contributed by atoms with E-state index in [0.717, 1.165) is 0 Å². The van der Waals surface area contributed by atoms with Crippen LogP contribution in [0.3, 0.4) is 0 Å². The number of likely N-dealkylation sites (N-methyl/N-ethyl adjacent to an activating group) is 1. The maximum Gasteiger partial charge on any atom is 0.347 e. The van der Waals surface area contributed by atoms with Crippen molar-refractivity contribution < 1.29 is 19.1 Å². The van der Waals surface area contributed by atoms with Gasteiger partial charge in [-0.25, -0.2) is 4.79 Å². The van der Waals surface area contributed by atoms with Gasteiger partial charge in [-0.3, -0.25) is 4.79 Å². The zero-order chi connectivity index (χ0) is 16.0. The van der Waals surface area contributed by atoms with Crippen molar-refractivity contribution in [3.05, 3.63) is 28.2 Å². The van der Waals surface area contributed by atoms with Gasteiger partial charge in [0.25, 0.3) is 5.91 Å². The van der Waals surface area contributed by atoms with Crippen LogP contribution >= 0.6 is 23.2 Å². The number of rotatable bonds is 6. The van der Waals surface area contributed by atoms with Crippen LogP contribution in [0.25, 0.3) is 0 Å². The average molecular weight is 334 g/mol. The first-order valence-corrected chi connectivity index (χ1v) is 7.20. The number of nitrogens with one attached hydrogen (secondary N) is 1. The Morgan fingerprint density at radius 1 is 1.24 bits per heavy atom. The molecule has 0 heterocycles. The summed E-state index contributed by atoms with van der Waals surface area (Å²) >= 11 is 11.7. The molecule has 21 heavy (non-hydrogen) atoms. The smallest absolute Gasteiger partial charge is 0.347 e. The second-order valence-corrected chi connectivity index (χ2v) is 5.15. The monoisotopic (exact) mass is 333 g/mol. The molecule has 0 radical (unpaired) electrons. The van der Waals surface area contributed by atoms with Crippen LogP contribution in [-0.2, 0) is 14.3 Å². The zero-order valence-corrected chi connectivity index (χ0v) is 13.5. The number of benzene rings is 1. The lowest BCUT2D eigenvalue weighted by atomic mass is 10.3. The highest BCUT2D eigenvalue weighted by atomic mass is 35.5. The highest BCUT2D eigenvalue weighted by molar-refractivity contribution is 6.35. The van der Waals surface area contributed by atoms with Crippen LogP contribution < -0.4 is 10.1 Å². The van der Waals surface area contributed by atoms with Crippen molar-refractivity contribution in [2.75, 3.05) is 6.54 Å². The van der Waals surface area contributed by atoms with Crippen molar-refractivity contribution >= 4 is 35.1 Å². The summed E-state index contributed by atoms with van der Waals surface area (Å²) in [4.78, 5) is 23.3. The lowest BCUT2D eigenvalue weighted by molar-refractivity contribution is -0.160. The van der Waals surface area contributed by atoms with Crippen LogP contribution in [0.4, 0.5) is 0 Å². The summed E-state index contributed by atoms with van der Waals surface area (Å²) in [5.74, 6) is -0.696. The molecule has 5 nitrogen and oxygen atoms in total. The van der Waals surface area contributed by atoms with E-state index in [1.165, 1.54) is 19.9 Å². The van der Waals surface area contributed by atoms with Crippen molar-refractivity contribution in [3.8, 4) is 5.75 Å². The lowest BCUT2D eigenvalue weighted by Gasteiger charge is -2.18. The first kappa shape index (κ1) is 17.6. The van der Waals surface area contributed by atoms with E-state index >= 15 is 0 Å². The Labute approximate surface area is 133 Å². The number of halogens is 2. The van der Waals surface area contributed by atoms with Gasteiger partial charge in [-0.15, -0.1) is 0 Å². The molecule has 0 spiro atoms. The highest BCUT2D eigenvalue weighted by Gasteiger charge is 2.23. The van der Waals surface area contributed by atoms with Crippen molar-refractivity contribution in [1.82, 2.24) is 5.32 Å². The topological polar surface area (TPSA) is 64.6 Å². The summed E-state index contributed by atoms with van der Waals surface area (Å²) in [6.07, 6.45) is -1.79. The minimum atomic E-state index is -0.902. The molecule has 0 fully saturated rings. The maximum absolute atomic E-state index is 11.8. The van der Waals surface area contributed by atoms with Crippen LogP contribution in [0.1, 0.15) is 20.8 Å². The van der Waals surface area contributed by atoms with E-state index in [0.29, 0.717) is 22.3 Å². The molecule has 7 heteroatoms. The fourth-order valence-electron chi connectivity index (χ4n) is 1.45. The minimum absolute atomic E-state index is 0.291. The molecule has 0 saturated heterocycles. The first-order valence-electron chi connectivity index (χ1n) is 6.45. The summed E-state index contributed by atoms with van der Waals surface area (Å²) in [7, 11) is 0. The fraction of sp³-hybridized carbons (Fsp3) is 0.429. The largest absolute Gasteiger partial charge is 0.477 e. The van der Waals surface area contributed by atoms with E-state index in [1.807, 2.05) is 0 Å². The second kappa shape index (κ2) is 8.10. The van der Waals surface area contributed by atoms with Gasteiger partial charge >= 0.3 is 5.97 Å². The maximum atomic E-state index is 11.8. The number of carbonyl (C=O) groups is 2. The highest BCUT2D eigenvalue weighted by Crippen LogP contribution is 2.28. The molecule has 0 aromatic heterocycles. The first-order chi connectivity index (χ1) is 9.85. The van der Waals surface area contributed by atoms with E-state index < -0.39 is 18.2 Å². The molecule has 0 aliphatic rings. The second-order valence-electron chi connectivity index (χ2n) is 4.31. The van der Waals surface area contributed by atoms with E-state index in [9.17, 15) is 9.59 Å². The summed E-state index contributed by atoms with van der Waals surface area (Å²) in [5.41, 5.74) is 0. The molecule has 2 atom stereocenters. The molecule has 1 amide bonds. The van der Waals surface area contributed by atoms with Gasteiger partial charge in [0.05, 0.1) is 5.02 Å². The van der Waals surface area contributed by atoms with Gasteiger partial charge in [-0.05, 0) is 39.0 Å². The molecule has 1 aromatic rings. The number of hydrogen-bond donors (Lipinski definition) is 1. The Hall–Kier alpha value is -1.46. The van der Waals surface area contributed by atoms with Gasteiger partial charge in [0.2, 0.25) is 0 Å². The molecule has 0 unspecified atom stereocenters. The van der Waals surface area contributed by atoms with E-state index in [2.05, 4.69) is 5.32 Å². The Morgan fingerprint density at radius 2 is 1.90 bits per heavy atom. The average Bonchev–Trinajstić information content (AvgIpc) is 2.41. The van der Waals surface area contributed by atoms with Crippen LogP contribution in [0, 0.1) is 0 Å². The minimum Gasteiger partial charge on any atom is -0.477 e. The summed E-state index contributed by atoms with van der Waals surface area (Å²) in [6, 6.07) is 4.66. The van der Waals surface area contributed by atoms with Gasteiger partial charge in [-0.2, -0.15) is 0 Å². The molecular formula is C14H17Cl2NO4. The van der Waals surface area contributed by atoms with Crippen molar-refractivity contribution in [2.45, 2.75) is 33.0 Å². The Morgan fingerprint density at radius 3 is 2.48 bits per heavy atom. The van der Waals surface area contributed by atoms with Gasteiger partial charge in [0, 0.05) is 11.6 Å². The fourth-order valence-corrected chi connectivity index (χ4v) is 1.90. The molecule has 116 valence electrons. The van der Waals surface area contributed by atoms with Crippen LogP contribution in [-0.4, -0.2) is 30.6 Å². The zero-order valence-electron chi connectivity index (χ0n) is 12.0. The third-order valence-electron chi connectivity index (χ3n) is 2.54. The SMILES string of the molecule is CCNC(=O)[C@H](C)OC(=O)[C@@H](C)Oc1ccc(Cl)cc1Cl. The van der Waals surface area contributed by atoms with Crippen LogP contribution in [0.5, 0.6) is 5.75 Å². The van der Waals surface area contributed by atoms with E-state index in [-0.39, 0.29) is 5.91 Å². The number of ether oxygens (including phenoxy) is 2. The molecule has 1 rings (SSSR count). The van der Waals surface area contributed by atoms with Crippen molar-refractivity contribution in [1.29, 1.82) is 0 Å². The predicted octanol–water partition coefficient (Wildman–Crippen LogP) is 2.83. The normalized spacial score (nSPS) is 13.2. The summed E-state index contributed by atoms with van der Waals surface area (Å²) in [5, 5.41) is 3.32. The summed E-state index contributed by atoms with van der Waals surface area (Å²) in [6.45, 7) is 5.25. The Kier molecular flexibility index (Phi) is 6.78. The predicted molar refractivity (Wildman–Crippen MR) is 80.8 cm³/mol. The quantitative estimate of drug-likeness (QED) is 0.813. The van der Waals surface area contributed by atoms with E-state index in [1.54, 1.807) is 19.1 Å². The molecule has 1 N–H and O–H groups in total.